The molecule has 0 saturated carbocycles. The van der Waals surface area contributed by atoms with Crippen LogP contribution in [0.3, 0.4) is 0 Å². The van der Waals surface area contributed by atoms with Crippen molar-refractivity contribution in [2.45, 2.75) is 25.6 Å². The first kappa shape index (κ1) is 14.7. The Labute approximate surface area is 116 Å². The van der Waals surface area contributed by atoms with Gasteiger partial charge in [-0.3, -0.25) is 0 Å². The van der Waals surface area contributed by atoms with Crippen LogP contribution in [0.5, 0.6) is 0 Å². The van der Waals surface area contributed by atoms with Gasteiger partial charge in [0, 0.05) is 25.2 Å². The van der Waals surface area contributed by atoms with Gasteiger partial charge in [0.1, 0.15) is 6.07 Å². The van der Waals surface area contributed by atoms with Gasteiger partial charge >= 0.3 is 6.18 Å². The number of nitrogens with one attached hydrogen (secondary N) is 1. The van der Waals surface area contributed by atoms with Gasteiger partial charge in [-0.15, -0.1) is 0 Å². The molecule has 1 aromatic carbocycles. The zero-order valence-corrected chi connectivity index (χ0v) is 11.4. The van der Waals surface area contributed by atoms with E-state index in [0.717, 1.165) is 18.7 Å². The highest BCUT2D eigenvalue weighted by Crippen LogP contribution is 2.33. The van der Waals surface area contributed by atoms with E-state index < -0.39 is 11.7 Å². The van der Waals surface area contributed by atoms with Crippen LogP contribution in [-0.2, 0) is 6.18 Å². The van der Waals surface area contributed by atoms with E-state index in [0.29, 0.717) is 18.8 Å². The van der Waals surface area contributed by atoms with Gasteiger partial charge in [-0.1, -0.05) is 0 Å². The summed E-state index contributed by atoms with van der Waals surface area (Å²) in [5.74, 6) is 0. The minimum atomic E-state index is -4.42. The van der Waals surface area contributed by atoms with Crippen molar-refractivity contribution in [2.75, 3.05) is 24.5 Å². The fraction of sp³-hybridized carbons (Fsp3) is 0.500. The van der Waals surface area contributed by atoms with Crippen LogP contribution in [0.15, 0.2) is 18.2 Å². The fourth-order valence-electron chi connectivity index (χ4n) is 2.42. The molecule has 1 N–H and O–H groups in total. The summed E-state index contributed by atoms with van der Waals surface area (Å²) in [4.78, 5) is 1.95. The number of rotatable bonds is 1. The Morgan fingerprint density at radius 3 is 2.60 bits per heavy atom. The quantitative estimate of drug-likeness (QED) is 0.861. The summed E-state index contributed by atoms with van der Waals surface area (Å²) < 4.78 is 38.0. The van der Waals surface area contributed by atoms with E-state index in [4.69, 9.17) is 5.26 Å². The normalized spacial score (nSPS) is 18.7. The van der Waals surface area contributed by atoms with Crippen LogP contribution in [0.2, 0.25) is 0 Å². The van der Waals surface area contributed by atoms with Crippen molar-refractivity contribution >= 4 is 5.69 Å². The van der Waals surface area contributed by atoms with Crippen LogP contribution in [0.1, 0.15) is 25.0 Å². The molecular weight excluding hydrogens is 267 g/mol. The summed E-state index contributed by atoms with van der Waals surface area (Å²) in [6.45, 7) is 6.10. The molecule has 0 radical (unpaired) electrons. The second kappa shape index (κ2) is 4.98. The average molecular weight is 283 g/mol. The van der Waals surface area contributed by atoms with E-state index in [1.54, 1.807) is 0 Å². The van der Waals surface area contributed by atoms with Gasteiger partial charge in [-0.25, -0.2) is 0 Å². The lowest BCUT2D eigenvalue weighted by molar-refractivity contribution is -0.137. The second-order valence-corrected chi connectivity index (χ2v) is 5.57. The molecule has 2 rings (SSSR count). The number of hydrogen-bond donors (Lipinski definition) is 1. The summed E-state index contributed by atoms with van der Waals surface area (Å²) in [5, 5.41) is 12.4. The topological polar surface area (TPSA) is 39.1 Å². The first-order valence-corrected chi connectivity index (χ1v) is 6.34. The molecule has 0 spiro atoms. The predicted molar refractivity (Wildman–Crippen MR) is 70.5 cm³/mol. The van der Waals surface area contributed by atoms with E-state index >= 15 is 0 Å². The number of alkyl halides is 3. The van der Waals surface area contributed by atoms with E-state index in [1.165, 1.54) is 6.07 Å². The predicted octanol–water partition coefficient (Wildman–Crippen LogP) is 2.77. The van der Waals surface area contributed by atoms with Crippen molar-refractivity contribution in [1.82, 2.24) is 5.32 Å². The van der Waals surface area contributed by atoms with Gasteiger partial charge in [-0.05, 0) is 32.0 Å². The van der Waals surface area contributed by atoms with Crippen molar-refractivity contribution in [3.05, 3.63) is 29.3 Å². The molecule has 108 valence electrons. The zero-order valence-electron chi connectivity index (χ0n) is 11.4. The smallest absolute Gasteiger partial charge is 0.367 e. The Bertz CT molecular complexity index is 544. The molecule has 0 atom stereocenters. The van der Waals surface area contributed by atoms with Gasteiger partial charge in [0.15, 0.2) is 0 Å². The molecule has 1 aromatic rings. The van der Waals surface area contributed by atoms with E-state index in [2.05, 4.69) is 5.32 Å². The highest BCUT2D eigenvalue weighted by Gasteiger charge is 2.32. The highest BCUT2D eigenvalue weighted by molar-refractivity contribution is 5.61. The number of anilines is 1. The van der Waals surface area contributed by atoms with Crippen molar-refractivity contribution in [1.29, 1.82) is 5.26 Å². The van der Waals surface area contributed by atoms with Crippen molar-refractivity contribution < 1.29 is 13.2 Å². The highest BCUT2D eigenvalue weighted by atomic mass is 19.4. The molecule has 6 heteroatoms. The van der Waals surface area contributed by atoms with E-state index in [9.17, 15) is 13.2 Å². The Hall–Kier alpha value is -1.74. The van der Waals surface area contributed by atoms with Crippen LogP contribution < -0.4 is 10.2 Å². The minimum Gasteiger partial charge on any atom is -0.367 e. The number of benzene rings is 1. The largest absolute Gasteiger partial charge is 0.416 e. The third-order valence-corrected chi connectivity index (χ3v) is 3.36. The third-order valence-electron chi connectivity index (χ3n) is 3.36. The standard InChI is InChI=1S/C14H16F3N3/c1-13(2)9-20(6-5-19-13)12-4-3-11(14(15,16)17)7-10(12)8-18/h3-4,7,19H,5-6,9H2,1-2H3. The van der Waals surface area contributed by atoms with E-state index in [1.807, 2.05) is 24.8 Å². The van der Waals surface area contributed by atoms with Gasteiger partial charge in [-0.2, -0.15) is 18.4 Å². The van der Waals surface area contributed by atoms with Crippen molar-refractivity contribution in [2.24, 2.45) is 0 Å². The molecule has 1 aliphatic heterocycles. The molecule has 3 nitrogen and oxygen atoms in total. The second-order valence-electron chi connectivity index (χ2n) is 5.57. The number of hydrogen-bond acceptors (Lipinski definition) is 3. The summed E-state index contributed by atoms with van der Waals surface area (Å²) in [6.07, 6.45) is -4.42. The molecule has 1 saturated heterocycles. The van der Waals surface area contributed by atoms with Crippen LogP contribution in [-0.4, -0.2) is 25.2 Å². The maximum absolute atomic E-state index is 12.7. The molecule has 1 fully saturated rings. The fourth-order valence-corrected chi connectivity index (χ4v) is 2.42. The molecule has 0 aliphatic carbocycles. The maximum atomic E-state index is 12.7. The molecule has 0 aromatic heterocycles. The third kappa shape index (κ3) is 3.05. The summed E-state index contributed by atoms with van der Waals surface area (Å²) in [7, 11) is 0. The monoisotopic (exact) mass is 283 g/mol. The van der Waals surface area contributed by atoms with Crippen molar-refractivity contribution in [3.8, 4) is 6.07 Å². The lowest BCUT2D eigenvalue weighted by Gasteiger charge is -2.40. The first-order valence-electron chi connectivity index (χ1n) is 6.34. The maximum Gasteiger partial charge on any atom is 0.416 e. The SMILES string of the molecule is CC1(C)CN(c2ccc(C(F)(F)F)cc2C#N)CCN1. The Kier molecular flexibility index (Phi) is 3.65. The minimum absolute atomic E-state index is 0.0672. The molecule has 20 heavy (non-hydrogen) atoms. The van der Waals surface area contributed by atoms with Crippen LogP contribution >= 0.6 is 0 Å². The van der Waals surface area contributed by atoms with Gasteiger partial charge in [0.05, 0.1) is 16.8 Å². The number of piperazine rings is 1. The summed E-state index contributed by atoms with van der Waals surface area (Å²) >= 11 is 0. The van der Waals surface area contributed by atoms with Gasteiger partial charge in [0.25, 0.3) is 0 Å². The molecule has 0 bridgehead atoms. The lowest BCUT2D eigenvalue weighted by Crippen LogP contribution is -2.57. The van der Waals surface area contributed by atoms with Gasteiger partial charge < -0.3 is 10.2 Å². The Balaban J connectivity index is 2.36. The van der Waals surface area contributed by atoms with Crippen LogP contribution in [0.25, 0.3) is 0 Å². The summed E-state index contributed by atoms with van der Waals surface area (Å²) in [5.41, 5.74) is -0.284. The lowest BCUT2D eigenvalue weighted by atomic mass is 10.00. The summed E-state index contributed by atoms with van der Waals surface area (Å²) in [6, 6.07) is 5.22. The van der Waals surface area contributed by atoms with Crippen molar-refractivity contribution in [3.63, 3.8) is 0 Å². The first-order chi connectivity index (χ1) is 9.23. The molecular formula is C14H16F3N3. The van der Waals surface area contributed by atoms with Gasteiger partial charge in [0.2, 0.25) is 0 Å². The average Bonchev–Trinajstić information content (AvgIpc) is 2.35. The zero-order chi connectivity index (χ0) is 15.0. The Morgan fingerprint density at radius 1 is 1.35 bits per heavy atom. The van der Waals surface area contributed by atoms with E-state index in [-0.39, 0.29) is 11.1 Å². The Morgan fingerprint density at radius 2 is 2.05 bits per heavy atom. The number of halogens is 3. The number of nitriles is 1. The van der Waals surface area contributed by atoms with Crippen LogP contribution in [0.4, 0.5) is 18.9 Å². The molecule has 1 heterocycles. The molecule has 0 amide bonds. The molecule has 0 unspecified atom stereocenters. The molecule has 1 aliphatic rings. The number of nitrogens with zero attached hydrogens (tertiary/aromatic N) is 2. The van der Waals surface area contributed by atoms with Crippen LogP contribution in [0, 0.1) is 11.3 Å².